The van der Waals surface area contributed by atoms with E-state index in [1.54, 1.807) is 11.3 Å². The average molecular weight is 192 g/mol. The molecule has 0 N–H and O–H groups in total. The fraction of sp³-hybridized carbons (Fsp3) is 0. The lowest BCUT2D eigenvalue weighted by Gasteiger charge is -1.87. The average Bonchev–Trinajstić information content (AvgIpc) is 2.71. The Morgan fingerprint density at radius 1 is 1.08 bits per heavy atom. The van der Waals surface area contributed by atoms with Crippen molar-refractivity contribution in [1.29, 1.82) is 0 Å². The summed E-state index contributed by atoms with van der Waals surface area (Å²) in [6.45, 7) is 0. The molecule has 12 heavy (non-hydrogen) atoms. The van der Waals surface area contributed by atoms with Crippen molar-refractivity contribution in [3.63, 3.8) is 0 Å². The molecule has 0 atom stereocenters. The van der Waals surface area contributed by atoms with Crippen molar-refractivity contribution in [2.24, 2.45) is 0 Å². The van der Waals surface area contributed by atoms with Crippen LogP contribution in [0.15, 0.2) is 23.6 Å². The summed E-state index contributed by atoms with van der Waals surface area (Å²) in [5, 5.41) is 3.31. The molecule has 3 aromatic rings. The zero-order valence-electron chi connectivity index (χ0n) is 6.02. The van der Waals surface area contributed by atoms with Crippen molar-refractivity contribution in [2.45, 2.75) is 0 Å². The Labute approximate surface area is 76.8 Å². The molecular weight excluding hydrogens is 188 g/mol. The fourth-order valence-electron chi connectivity index (χ4n) is 1.29. The molecule has 0 aliphatic heterocycles. The van der Waals surface area contributed by atoms with Crippen LogP contribution in [0.3, 0.4) is 0 Å². The van der Waals surface area contributed by atoms with Crippen LogP contribution in [0.2, 0.25) is 0 Å². The number of aromatic nitrogens is 2. The van der Waals surface area contributed by atoms with Crippen molar-refractivity contribution in [3.8, 4) is 0 Å². The zero-order valence-corrected chi connectivity index (χ0v) is 7.65. The van der Waals surface area contributed by atoms with Gasteiger partial charge in [-0.3, -0.25) is 0 Å². The Kier molecular flexibility index (Phi) is 1.22. The highest BCUT2D eigenvalue weighted by Gasteiger charge is 2.03. The highest BCUT2D eigenvalue weighted by molar-refractivity contribution is 7.17. The van der Waals surface area contributed by atoms with Gasteiger partial charge in [0.15, 0.2) is 0 Å². The second-order valence-corrected chi connectivity index (χ2v) is 4.01. The van der Waals surface area contributed by atoms with Gasteiger partial charge in [-0.05, 0) is 23.6 Å². The van der Waals surface area contributed by atoms with E-state index in [4.69, 9.17) is 0 Å². The molecule has 0 bridgehead atoms. The summed E-state index contributed by atoms with van der Waals surface area (Å²) in [4.78, 5) is 0. The Morgan fingerprint density at radius 3 is 3.08 bits per heavy atom. The first-order valence-corrected chi connectivity index (χ1v) is 5.14. The van der Waals surface area contributed by atoms with Gasteiger partial charge in [0.05, 0.1) is 11.7 Å². The standard InChI is InChI=1S/C8H4N2S2/c1-2-7-5(3-4-11-7)8-6(1)9-12-10-8/h1-4H. The Morgan fingerprint density at radius 2 is 2.08 bits per heavy atom. The molecule has 0 radical (unpaired) electrons. The van der Waals surface area contributed by atoms with Crippen LogP contribution < -0.4 is 0 Å². The van der Waals surface area contributed by atoms with Gasteiger partial charge in [-0.25, -0.2) is 0 Å². The second kappa shape index (κ2) is 2.24. The molecule has 0 saturated heterocycles. The van der Waals surface area contributed by atoms with Gasteiger partial charge in [-0.15, -0.1) is 11.3 Å². The lowest BCUT2D eigenvalue weighted by Crippen LogP contribution is -1.68. The molecule has 4 heteroatoms. The maximum absolute atomic E-state index is 4.26. The summed E-state index contributed by atoms with van der Waals surface area (Å²) in [5.74, 6) is 0. The molecule has 0 amide bonds. The van der Waals surface area contributed by atoms with E-state index in [1.165, 1.54) is 21.8 Å². The van der Waals surface area contributed by atoms with Crippen molar-refractivity contribution in [2.75, 3.05) is 0 Å². The van der Waals surface area contributed by atoms with E-state index < -0.39 is 0 Å². The molecular formula is C8H4N2S2. The molecule has 0 saturated carbocycles. The van der Waals surface area contributed by atoms with Crippen LogP contribution in [0.1, 0.15) is 0 Å². The van der Waals surface area contributed by atoms with E-state index in [9.17, 15) is 0 Å². The number of nitrogens with zero attached hydrogens (tertiary/aromatic N) is 2. The first-order chi connectivity index (χ1) is 5.95. The van der Waals surface area contributed by atoms with Crippen LogP contribution in [0, 0.1) is 0 Å². The van der Waals surface area contributed by atoms with Gasteiger partial charge < -0.3 is 0 Å². The molecule has 0 aliphatic rings. The third kappa shape index (κ3) is 0.735. The first kappa shape index (κ1) is 6.51. The first-order valence-electron chi connectivity index (χ1n) is 3.53. The lowest BCUT2D eigenvalue weighted by molar-refractivity contribution is 1.69. The van der Waals surface area contributed by atoms with E-state index in [-0.39, 0.29) is 0 Å². The third-order valence-corrected chi connectivity index (χ3v) is 3.28. The van der Waals surface area contributed by atoms with Crippen LogP contribution in [-0.4, -0.2) is 8.75 Å². The van der Waals surface area contributed by atoms with Crippen molar-refractivity contribution < 1.29 is 0 Å². The number of benzene rings is 1. The van der Waals surface area contributed by atoms with Crippen molar-refractivity contribution >= 4 is 44.2 Å². The van der Waals surface area contributed by atoms with Crippen molar-refractivity contribution in [1.82, 2.24) is 8.75 Å². The zero-order chi connectivity index (χ0) is 7.97. The maximum atomic E-state index is 4.26. The van der Waals surface area contributed by atoms with Gasteiger partial charge in [-0.1, -0.05) is 0 Å². The van der Waals surface area contributed by atoms with E-state index in [0.717, 1.165) is 11.0 Å². The summed E-state index contributed by atoms with van der Waals surface area (Å²) < 4.78 is 9.73. The van der Waals surface area contributed by atoms with Gasteiger partial charge in [0.25, 0.3) is 0 Å². The minimum atomic E-state index is 1.01. The highest BCUT2D eigenvalue weighted by atomic mass is 32.1. The molecule has 0 aliphatic carbocycles. The van der Waals surface area contributed by atoms with Crippen LogP contribution in [0.25, 0.3) is 21.1 Å². The minimum absolute atomic E-state index is 1.01. The summed E-state index contributed by atoms with van der Waals surface area (Å²) in [6.07, 6.45) is 0. The SMILES string of the molecule is c1cc2c(ccc3nsnc32)s1. The van der Waals surface area contributed by atoms with E-state index in [2.05, 4.69) is 26.3 Å². The van der Waals surface area contributed by atoms with Gasteiger partial charge in [0.2, 0.25) is 0 Å². The molecule has 2 heterocycles. The molecule has 0 unspecified atom stereocenters. The number of thiophene rings is 1. The van der Waals surface area contributed by atoms with Crippen LogP contribution >= 0.6 is 23.1 Å². The fourth-order valence-corrected chi connectivity index (χ4v) is 2.63. The van der Waals surface area contributed by atoms with Crippen molar-refractivity contribution in [3.05, 3.63) is 23.6 Å². The summed E-state index contributed by atoms with van der Waals surface area (Å²) in [6, 6.07) is 6.23. The third-order valence-electron chi connectivity index (χ3n) is 1.86. The van der Waals surface area contributed by atoms with E-state index in [1.807, 2.05) is 6.07 Å². The highest BCUT2D eigenvalue weighted by Crippen LogP contribution is 2.27. The molecule has 3 rings (SSSR count). The summed E-state index contributed by atoms with van der Waals surface area (Å²) in [7, 11) is 0. The van der Waals surface area contributed by atoms with Gasteiger partial charge >= 0.3 is 0 Å². The van der Waals surface area contributed by atoms with Gasteiger partial charge in [0, 0.05) is 10.1 Å². The van der Waals surface area contributed by atoms with E-state index >= 15 is 0 Å². The number of hydrogen-bond donors (Lipinski definition) is 0. The predicted molar refractivity (Wildman–Crippen MR) is 52.8 cm³/mol. The molecule has 2 aromatic heterocycles. The lowest BCUT2D eigenvalue weighted by atomic mass is 10.2. The number of fused-ring (bicyclic) bond motifs is 3. The quantitative estimate of drug-likeness (QED) is 0.547. The maximum Gasteiger partial charge on any atom is 0.113 e. The Bertz CT molecular complexity index is 488. The Hall–Kier alpha value is -1.00. The topological polar surface area (TPSA) is 25.8 Å². The second-order valence-electron chi connectivity index (χ2n) is 2.53. The number of hydrogen-bond acceptors (Lipinski definition) is 4. The molecule has 2 nitrogen and oxygen atoms in total. The minimum Gasteiger partial charge on any atom is -0.173 e. The summed E-state index contributed by atoms with van der Waals surface area (Å²) in [5.41, 5.74) is 2.05. The summed E-state index contributed by atoms with van der Waals surface area (Å²) >= 11 is 3.02. The smallest absolute Gasteiger partial charge is 0.113 e. The molecule has 58 valence electrons. The van der Waals surface area contributed by atoms with Crippen LogP contribution in [0.5, 0.6) is 0 Å². The van der Waals surface area contributed by atoms with E-state index in [0.29, 0.717) is 0 Å². The molecule has 1 aromatic carbocycles. The molecule has 0 fully saturated rings. The normalized spacial score (nSPS) is 11.3. The number of rotatable bonds is 0. The van der Waals surface area contributed by atoms with Crippen LogP contribution in [0.4, 0.5) is 0 Å². The predicted octanol–water partition coefficient (Wildman–Crippen LogP) is 2.91. The van der Waals surface area contributed by atoms with Gasteiger partial charge in [-0.2, -0.15) is 8.75 Å². The van der Waals surface area contributed by atoms with Crippen LogP contribution in [-0.2, 0) is 0 Å². The molecule has 0 spiro atoms. The Balaban J connectivity index is 2.71. The monoisotopic (exact) mass is 192 g/mol. The van der Waals surface area contributed by atoms with Gasteiger partial charge in [0.1, 0.15) is 11.0 Å². The largest absolute Gasteiger partial charge is 0.173 e.